The first-order chi connectivity index (χ1) is 15.5. The molecule has 1 aromatic rings. The van der Waals surface area contributed by atoms with E-state index in [2.05, 4.69) is 13.8 Å². The van der Waals surface area contributed by atoms with Gasteiger partial charge in [0.2, 0.25) is 5.91 Å². The number of allylic oxidation sites excluding steroid dienone is 1. The van der Waals surface area contributed by atoms with Crippen LogP contribution in [0.5, 0.6) is 0 Å². The number of nitrogens with zero attached hydrogens (tertiary/aromatic N) is 1. The molecule has 0 radical (unpaired) electrons. The molecule has 1 amide bonds. The van der Waals surface area contributed by atoms with Crippen LogP contribution in [0.25, 0.3) is 0 Å². The number of carbonyl (C=O) groups is 1. The molecule has 1 aromatic carbocycles. The van der Waals surface area contributed by atoms with Gasteiger partial charge in [-0.2, -0.15) is 0 Å². The summed E-state index contributed by atoms with van der Waals surface area (Å²) in [4.78, 5) is 15.5. The Labute approximate surface area is 197 Å². The Balaban J connectivity index is 2.01. The normalized spacial score (nSPS) is 26.8. The number of methoxy groups -OCH3 is 2. The number of benzene rings is 1. The zero-order valence-electron chi connectivity index (χ0n) is 20.0. The lowest BCUT2D eigenvalue weighted by atomic mass is 9.76. The smallest absolute Gasteiger partial charge is 0.223 e. The van der Waals surface area contributed by atoms with Crippen LogP contribution in [0.15, 0.2) is 52.8 Å². The van der Waals surface area contributed by atoms with Gasteiger partial charge in [0.25, 0.3) is 0 Å². The van der Waals surface area contributed by atoms with Crippen molar-refractivity contribution in [3.05, 3.63) is 53.5 Å². The molecule has 1 saturated heterocycles. The van der Waals surface area contributed by atoms with Gasteiger partial charge in [0.05, 0.1) is 31.1 Å². The maximum absolute atomic E-state index is 13.4. The van der Waals surface area contributed by atoms with Crippen molar-refractivity contribution in [3.8, 4) is 0 Å². The average molecular weight is 478 g/mol. The Morgan fingerprint density at radius 1 is 1.18 bits per heavy atom. The van der Waals surface area contributed by atoms with Gasteiger partial charge in [0.1, 0.15) is 11.5 Å². The fraction of sp³-hybridized carbons (Fsp3) is 0.560. The maximum atomic E-state index is 13.4. The van der Waals surface area contributed by atoms with Crippen molar-refractivity contribution in [2.75, 3.05) is 33.6 Å². The van der Waals surface area contributed by atoms with Crippen molar-refractivity contribution < 1.29 is 27.8 Å². The van der Waals surface area contributed by atoms with Crippen LogP contribution in [0.2, 0.25) is 0 Å². The molecule has 1 aliphatic carbocycles. The standard InChI is InChI=1S/C25H35NO6S/c1-16-9-17(2)15-26(14-16)24(28)13-21(18-7-6-8-20(10-18)33(5,29)30)25-22(27)11-19(31-3)12-23(25)32-4/h6-8,10-12,16-17,21-22,25,27H,9,13-15H2,1-5H3/t16-,17?,21-,22?,25?/m1/s1. The molecule has 0 spiro atoms. The highest BCUT2D eigenvalue weighted by Gasteiger charge is 2.38. The van der Waals surface area contributed by atoms with Crippen molar-refractivity contribution in [1.82, 2.24) is 4.90 Å². The number of amides is 1. The third kappa shape index (κ3) is 5.98. The third-order valence-corrected chi connectivity index (χ3v) is 7.66. The van der Waals surface area contributed by atoms with Gasteiger partial charge >= 0.3 is 0 Å². The number of rotatable bonds is 7. The highest BCUT2D eigenvalue weighted by Crippen LogP contribution is 2.40. The van der Waals surface area contributed by atoms with E-state index in [1.807, 2.05) is 11.0 Å². The number of aliphatic hydroxyl groups excluding tert-OH is 1. The van der Waals surface area contributed by atoms with Gasteiger partial charge in [-0.05, 0) is 42.0 Å². The number of aliphatic hydroxyl groups is 1. The van der Waals surface area contributed by atoms with Gasteiger partial charge in [-0.3, -0.25) is 4.79 Å². The fourth-order valence-corrected chi connectivity index (χ4v) is 5.77. The quantitative estimate of drug-likeness (QED) is 0.649. The minimum Gasteiger partial charge on any atom is -0.501 e. The van der Waals surface area contributed by atoms with Crippen molar-refractivity contribution >= 4 is 15.7 Å². The molecule has 7 nitrogen and oxygen atoms in total. The topological polar surface area (TPSA) is 93.1 Å². The molecule has 0 aromatic heterocycles. The number of likely N-dealkylation sites (tertiary alicyclic amines) is 1. The van der Waals surface area contributed by atoms with Crippen molar-refractivity contribution in [2.45, 2.75) is 43.6 Å². The number of ether oxygens (including phenoxy) is 2. The molecule has 3 rings (SSSR count). The van der Waals surface area contributed by atoms with Crippen molar-refractivity contribution in [1.29, 1.82) is 0 Å². The molecule has 182 valence electrons. The van der Waals surface area contributed by atoms with Crippen LogP contribution in [0.3, 0.4) is 0 Å². The SMILES string of the molecule is COC1=CC(O)C([C@H](CC(=O)N2CC(C)C[C@@H](C)C2)c2cccc(S(C)(=O)=O)c2)C(OC)=C1. The molecule has 0 bridgehead atoms. The first-order valence-electron chi connectivity index (χ1n) is 11.3. The monoisotopic (exact) mass is 477 g/mol. The second-order valence-electron chi connectivity index (χ2n) is 9.44. The van der Waals surface area contributed by atoms with E-state index in [1.54, 1.807) is 30.4 Å². The van der Waals surface area contributed by atoms with Crippen LogP contribution in [0, 0.1) is 17.8 Å². The summed E-state index contributed by atoms with van der Waals surface area (Å²) >= 11 is 0. The Kier molecular flexibility index (Phi) is 7.90. The predicted molar refractivity (Wildman–Crippen MR) is 126 cm³/mol. The van der Waals surface area contributed by atoms with Gasteiger partial charge in [-0.25, -0.2) is 8.42 Å². The Bertz CT molecular complexity index is 1020. The molecule has 33 heavy (non-hydrogen) atoms. The predicted octanol–water partition coefficient (Wildman–Crippen LogP) is 3.12. The van der Waals surface area contributed by atoms with Gasteiger partial charge in [-0.1, -0.05) is 26.0 Å². The zero-order valence-corrected chi connectivity index (χ0v) is 20.8. The van der Waals surface area contributed by atoms with E-state index in [9.17, 15) is 18.3 Å². The molecule has 1 N–H and O–H groups in total. The van der Waals surface area contributed by atoms with Crippen LogP contribution in [-0.2, 0) is 24.1 Å². The number of carbonyl (C=O) groups excluding carboxylic acids is 1. The molecule has 3 unspecified atom stereocenters. The molecule has 1 aliphatic heterocycles. The van der Waals surface area contributed by atoms with Gasteiger partial charge in [0.15, 0.2) is 9.84 Å². The largest absolute Gasteiger partial charge is 0.501 e. The summed E-state index contributed by atoms with van der Waals surface area (Å²) in [6.45, 7) is 5.70. The first-order valence-corrected chi connectivity index (χ1v) is 13.2. The van der Waals surface area contributed by atoms with E-state index in [-0.39, 0.29) is 17.2 Å². The molecular formula is C25H35NO6S. The maximum Gasteiger partial charge on any atom is 0.223 e. The number of piperidine rings is 1. The molecule has 0 saturated carbocycles. The highest BCUT2D eigenvalue weighted by molar-refractivity contribution is 7.90. The van der Waals surface area contributed by atoms with E-state index >= 15 is 0 Å². The summed E-state index contributed by atoms with van der Waals surface area (Å²) < 4.78 is 35.3. The van der Waals surface area contributed by atoms with Crippen LogP contribution in [-0.4, -0.2) is 64.0 Å². The molecule has 2 aliphatic rings. The molecule has 8 heteroatoms. The molecule has 1 heterocycles. The Morgan fingerprint density at radius 3 is 2.42 bits per heavy atom. The first kappa shape index (κ1) is 25.3. The summed E-state index contributed by atoms with van der Waals surface area (Å²) in [5.74, 6) is 0.759. The van der Waals surface area contributed by atoms with E-state index < -0.39 is 27.8 Å². The lowest BCUT2D eigenvalue weighted by molar-refractivity contribution is -0.134. The minimum atomic E-state index is -3.43. The number of hydrogen-bond donors (Lipinski definition) is 1. The fourth-order valence-electron chi connectivity index (χ4n) is 5.09. The van der Waals surface area contributed by atoms with Gasteiger partial charge in [0, 0.05) is 37.8 Å². The molecule has 1 fully saturated rings. The van der Waals surface area contributed by atoms with Crippen LogP contribution < -0.4 is 0 Å². The van der Waals surface area contributed by atoms with Crippen LogP contribution >= 0.6 is 0 Å². The third-order valence-electron chi connectivity index (χ3n) is 6.55. The van der Waals surface area contributed by atoms with E-state index in [0.717, 1.165) is 12.7 Å². The van der Waals surface area contributed by atoms with E-state index in [4.69, 9.17) is 9.47 Å². The van der Waals surface area contributed by atoms with Crippen LogP contribution in [0.1, 0.15) is 38.2 Å². The number of sulfone groups is 1. The Morgan fingerprint density at radius 2 is 1.85 bits per heavy atom. The lowest BCUT2D eigenvalue weighted by Gasteiger charge is -2.38. The van der Waals surface area contributed by atoms with Crippen LogP contribution in [0.4, 0.5) is 0 Å². The summed E-state index contributed by atoms with van der Waals surface area (Å²) in [6.07, 6.45) is 4.72. The summed E-state index contributed by atoms with van der Waals surface area (Å²) in [6, 6.07) is 6.63. The summed E-state index contributed by atoms with van der Waals surface area (Å²) in [7, 11) is -0.404. The molecular weight excluding hydrogens is 442 g/mol. The molecule has 5 atom stereocenters. The van der Waals surface area contributed by atoms with E-state index in [1.165, 1.54) is 14.2 Å². The van der Waals surface area contributed by atoms with Gasteiger partial charge in [-0.15, -0.1) is 0 Å². The second-order valence-corrected chi connectivity index (χ2v) is 11.5. The lowest BCUT2D eigenvalue weighted by Crippen LogP contribution is -2.44. The Hall–Kier alpha value is -2.32. The summed E-state index contributed by atoms with van der Waals surface area (Å²) in [5.41, 5.74) is 0.672. The van der Waals surface area contributed by atoms with Crippen molar-refractivity contribution in [2.24, 2.45) is 17.8 Å². The highest BCUT2D eigenvalue weighted by atomic mass is 32.2. The zero-order chi connectivity index (χ0) is 24.3. The second kappa shape index (κ2) is 10.3. The van der Waals surface area contributed by atoms with E-state index in [0.29, 0.717) is 42.0 Å². The van der Waals surface area contributed by atoms with Crippen molar-refractivity contribution in [3.63, 3.8) is 0 Å². The minimum absolute atomic E-state index is 0.00710. The van der Waals surface area contributed by atoms with Gasteiger partial charge < -0.3 is 19.5 Å². The number of hydrogen-bond acceptors (Lipinski definition) is 6. The summed E-state index contributed by atoms with van der Waals surface area (Å²) in [5, 5.41) is 11.0. The average Bonchev–Trinajstić information content (AvgIpc) is 2.76.